The van der Waals surface area contributed by atoms with Crippen LogP contribution in [0.3, 0.4) is 0 Å². The molecule has 1 heterocycles. The third kappa shape index (κ3) is 1.77. The van der Waals surface area contributed by atoms with Crippen LogP contribution in [0, 0.1) is 0 Å². The number of ether oxygens (including phenoxy) is 2. The van der Waals surface area contributed by atoms with E-state index in [0.717, 1.165) is 27.2 Å². The molecule has 0 N–H and O–H groups in total. The molecular formula is C20H19NO3. The van der Waals surface area contributed by atoms with E-state index in [0.29, 0.717) is 17.1 Å². The first-order chi connectivity index (χ1) is 11.6. The molecule has 3 aromatic rings. The fraction of sp³-hybridized carbons (Fsp3) is 0.250. The van der Waals surface area contributed by atoms with Crippen LogP contribution in [0.1, 0.15) is 24.2 Å². The van der Waals surface area contributed by atoms with Crippen molar-refractivity contribution in [1.82, 2.24) is 0 Å². The van der Waals surface area contributed by atoms with Crippen molar-refractivity contribution in [2.75, 3.05) is 19.1 Å². The summed E-state index contributed by atoms with van der Waals surface area (Å²) in [5, 5.41) is 4.03. The largest absolute Gasteiger partial charge is 0.493 e. The van der Waals surface area contributed by atoms with Crippen LogP contribution in [0.2, 0.25) is 0 Å². The van der Waals surface area contributed by atoms with Crippen molar-refractivity contribution >= 4 is 33.1 Å². The lowest BCUT2D eigenvalue weighted by molar-refractivity contribution is 0.0986. The molecule has 0 unspecified atom stereocenters. The van der Waals surface area contributed by atoms with E-state index in [1.807, 2.05) is 30.9 Å². The summed E-state index contributed by atoms with van der Waals surface area (Å²) in [6.45, 7) is 4.05. The second-order valence-corrected chi connectivity index (χ2v) is 6.30. The fourth-order valence-corrected chi connectivity index (χ4v) is 3.70. The van der Waals surface area contributed by atoms with E-state index in [1.54, 1.807) is 20.3 Å². The second-order valence-electron chi connectivity index (χ2n) is 6.30. The number of hydrogen-bond donors (Lipinski definition) is 0. The second kappa shape index (κ2) is 5.13. The Kier molecular flexibility index (Phi) is 3.17. The van der Waals surface area contributed by atoms with Crippen LogP contribution in [0.25, 0.3) is 21.5 Å². The number of amides is 1. The zero-order valence-electron chi connectivity index (χ0n) is 14.2. The molecular weight excluding hydrogens is 302 g/mol. The van der Waals surface area contributed by atoms with Gasteiger partial charge in [0.1, 0.15) is 0 Å². The van der Waals surface area contributed by atoms with Crippen LogP contribution in [-0.4, -0.2) is 26.2 Å². The average molecular weight is 321 g/mol. The SMILES string of the molecule is COc1cc2c3c(cc4ccccc4c3c1OC)N(C(C)C)C2=O. The first-order valence-electron chi connectivity index (χ1n) is 8.02. The monoisotopic (exact) mass is 321 g/mol. The van der Waals surface area contributed by atoms with Gasteiger partial charge in [-0.15, -0.1) is 0 Å². The molecule has 4 rings (SSSR count). The molecule has 0 atom stereocenters. The first-order valence-corrected chi connectivity index (χ1v) is 8.02. The zero-order valence-corrected chi connectivity index (χ0v) is 14.2. The van der Waals surface area contributed by atoms with E-state index in [9.17, 15) is 4.79 Å². The van der Waals surface area contributed by atoms with Crippen molar-refractivity contribution in [3.05, 3.63) is 42.0 Å². The topological polar surface area (TPSA) is 38.8 Å². The summed E-state index contributed by atoms with van der Waals surface area (Å²) in [6.07, 6.45) is 0. The highest BCUT2D eigenvalue weighted by atomic mass is 16.5. The van der Waals surface area contributed by atoms with E-state index < -0.39 is 0 Å². The molecule has 122 valence electrons. The van der Waals surface area contributed by atoms with Gasteiger partial charge >= 0.3 is 0 Å². The van der Waals surface area contributed by atoms with Gasteiger partial charge in [-0.05, 0) is 36.8 Å². The Morgan fingerprint density at radius 3 is 2.42 bits per heavy atom. The summed E-state index contributed by atoms with van der Waals surface area (Å²) in [5.41, 5.74) is 1.62. The number of carbonyl (C=O) groups excluding carboxylic acids is 1. The summed E-state index contributed by atoms with van der Waals surface area (Å²) in [7, 11) is 3.24. The maximum absolute atomic E-state index is 13.0. The van der Waals surface area contributed by atoms with Gasteiger partial charge in [-0.2, -0.15) is 0 Å². The van der Waals surface area contributed by atoms with E-state index in [-0.39, 0.29) is 11.9 Å². The molecule has 1 aliphatic heterocycles. The van der Waals surface area contributed by atoms with Crippen molar-refractivity contribution in [2.24, 2.45) is 0 Å². The van der Waals surface area contributed by atoms with Crippen molar-refractivity contribution < 1.29 is 14.3 Å². The quantitative estimate of drug-likeness (QED) is 0.672. The molecule has 3 aromatic carbocycles. The number of hydrogen-bond acceptors (Lipinski definition) is 3. The lowest BCUT2D eigenvalue weighted by atomic mass is 9.97. The van der Waals surface area contributed by atoms with Gasteiger partial charge in [0.05, 0.1) is 25.5 Å². The molecule has 0 bridgehead atoms. The Morgan fingerprint density at radius 1 is 1.00 bits per heavy atom. The molecule has 0 radical (unpaired) electrons. The van der Waals surface area contributed by atoms with Crippen molar-refractivity contribution in [3.63, 3.8) is 0 Å². The number of nitrogens with zero attached hydrogens (tertiary/aromatic N) is 1. The van der Waals surface area contributed by atoms with Crippen LogP contribution in [0.4, 0.5) is 5.69 Å². The van der Waals surface area contributed by atoms with Gasteiger partial charge < -0.3 is 14.4 Å². The zero-order chi connectivity index (χ0) is 17.0. The smallest absolute Gasteiger partial charge is 0.259 e. The van der Waals surface area contributed by atoms with E-state index in [4.69, 9.17) is 9.47 Å². The fourth-order valence-electron chi connectivity index (χ4n) is 3.70. The van der Waals surface area contributed by atoms with Crippen LogP contribution < -0.4 is 14.4 Å². The van der Waals surface area contributed by atoms with Gasteiger partial charge in [-0.25, -0.2) is 0 Å². The average Bonchev–Trinajstić information content (AvgIpc) is 2.86. The van der Waals surface area contributed by atoms with Crippen LogP contribution in [0.15, 0.2) is 36.4 Å². The highest BCUT2D eigenvalue weighted by Crippen LogP contribution is 2.49. The van der Waals surface area contributed by atoms with E-state index in [2.05, 4.69) is 18.2 Å². The molecule has 0 aliphatic carbocycles. The summed E-state index contributed by atoms with van der Waals surface area (Å²) < 4.78 is 11.2. The first kappa shape index (κ1) is 14.8. The standard InChI is InChI=1S/C20H19NO3/c1-11(2)21-15-9-12-7-5-6-8-13(12)18-17(15)14(20(21)22)10-16(23-3)19(18)24-4/h5-11H,1-4H3. The number of methoxy groups -OCH3 is 2. The summed E-state index contributed by atoms with van der Waals surface area (Å²) in [5.74, 6) is 1.27. The summed E-state index contributed by atoms with van der Waals surface area (Å²) in [4.78, 5) is 14.8. The van der Waals surface area contributed by atoms with Crippen molar-refractivity contribution in [2.45, 2.75) is 19.9 Å². The lowest BCUT2D eigenvalue weighted by Crippen LogP contribution is -2.33. The molecule has 0 saturated carbocycles. The van der Waals surface area contributed by atoms with Gasteiger partial charge in [0, 0.05) is 16.8 Å². The van der Waals surface area contributed by atoms with Gasteiger partial charge in [-0.3, -0.25) is 4.79 Å². The Morgan fingerprint density at radius 2 is 1.75 bits per heavy atom. The highest BCUT2D eigenvalue weighted by molar-refractivity contribution is 6.31. The molecule has 1 aliphatic rings. The maximum Gasteiger partial charge on any atom is 0.259 e. The molecule has 4 nitrogen and oxygen atoms in total. The molecule has 0 aromatic heterocycles. The predicted octanol–water partition coefficient (Wildman–Crippen LogP) is 4.38. The van der Waals surface area contributed by atoms with Gasteiger partial charge in [-0.1, -0.05) is 24.3 Å². The van der Waals surface area contributed by atoms with Crippen LogP contribution >= 0.6 is 0 Å². The molecule has 24 heavy (non-hydrogen) atoms. The van der Waals surface area contributed by atoms with Crippen LogP contribution in [-0.2, 0) is 0 Å². The third-order valence-electron chi connectivity index (χ3n) is 4.67. The lowest BCUT2D eigenvalue weighted by Gasteiger charge is -2.22. The minimum atomic E-state index is 0.0151. The van der Waals surface area contributed by atoms with Gasteiger partial charge in [0.2, 0.25) is 0 Å². The Bertz CT molecular complexity index is 991. The van der Waals surface area contributed by atoms with Gasteiger partial charge in [0.15, 0.2) is 11.5 Å². The molecule has 0 spiro atoms. The Labute approximate surface area is 140 Å². The Balaban J connectivity index is 2.27. The van der Waals surface area contributed by atoms with Crippen molar-refractivity contribution in [1.29, 1.82) is 0 Å². The minimum Gasteiger partial charge on any atom is -0.493 e. The normalized spacial score (nSPS) is 13.4. The number of rotatable bonds is 3. The third-order valence-corrected chi connectivity index (χ3v) is 4.67. The van der Waals surface area contributed by atoms with Gasteiger partial charge in [0.25, 0.3) is 5.91 Å². The number of fused-ring (bicyclic) bond motifs is 2. The van der Waals surface area contributed by atoms with E-state index >= 15 is 0 Å². The number of carbonyl (C=O) groups is 1. The maximum atomic E-state index is 13.0. The Hall–Kier alpha value is -2.75. The van der Waals surface area contributed by atoms with Crippen molar-refractivity contribution in [3.8, 4) is 11.5 Å². The summed E-state index contributed by atoms with van der Waals surface area (Å²) >= 11 is 0. The van der Waals surface area contributed by atoms with Crippen LogP contribution in [0.5, 0.6) is 11.5 Å². The minimum absolute atomic E-state index is 0.0151. The molecule has 1 amide bonds. The number of benzene rings is 3. The number of anilines is 1. The molecule has 4 heteroatoms. The molecule has 0 saturated heterocycles. The molecule has 0 fully saturated rings. The highest BCUT2D eigenvalue weighted by Gasteiger charge is 2.35. The van der Waals surface area contributed by atoms with E-state index in [1.165, 1.54) is 0 Å². The predicted molar refractivity (Wildman–Crippen MR) is 96.5 cm³/mol. The summed E-state index contributed by atoms with van der Waals surface area (Å²) in [6, 6.07) is 12.1.